The first-order valence-corrected chi connectivity index (χ1v) is 11.2. The Balaban J connectivity index is 1.41. The zero-order chi connectivity index (χ0) is 21.4. The van der Waals surface area contributed by atoms with Crippen molar-refractivity contribution in [3.05, 3.63) is 42.2 Å². The number of carbonyl (C=O) groups excluding carboxylic acids is 1. The lowest BCUT2D eigenvalue weighted by atomic mass is 9.89. The van der Waals surface area contributed by atoms with Crippen LogP contribution in [0.2, 0.25) is 0 Å². The lowest BCUT2D eigenvalue weighted by Gasteiger charge is -2.41. The van der Waals surface area contributed by atoms with Gasteiger partial charge in [-0.25, -0.2) is 0 Å². The summed E-state index contributed by atoms with van der Waals surface area (Å²) in [6, 6.07) is 8.58. The van der Waals surface area contributed by atoms with Crippen LogP contribution in [-0.2, 0) is 0 Å². The van der Waals surface area contributed by atoms with Crippen LogP contribution in [0.25, 0.3) is 22.2 Å². The van der Waals surface area contributed by atoms with Crippen molar-refractivity contribution in [2.24, 2.45) is 0 Å². The van der Waals surface area contributed by atoms with E-state index in [4.69, 9.17) is 10.8 Å². The number of nitrogens with two attached hydrogens (primary N) is 1. The number of pyridine rings is 1. The third kappa shape index (κ3) is 3.83. The Morgan fingerprint density at radius 1 is 0.968 bits per heavy atom. The standard InChI is InChI=1S/C24H30N6O/c1-28-10-12-29(13-11-28)19-6-8-20(9-7-19)30-22-15-26-14-21(25)23(22)24(27-30)18-4-2-17(16-31)3-5-18/h2-5,14-16,19-20H,6-13,25H2,1H3. The lowest BCUT2D eigenvalue weighted by Crippen LogP contribution is -2.49. The Labute approximate surface area is 182 Å². The summed E-state index contributed by atoms with van der Waals surface area (Å²) in [5.74, 6) is 0. The van der Waals surface area contributed by atoms with Crippen molar-refractivity contribution in [2.75, 3.05) is 39.0 Å². The average molecular weight is 419 g/mol. The van der Waals surface area contributed by atoms with Crippen molar-refractivity contribution in [2.45, 2.75) is 37.8 Å². The zero-order valence-electron chi connectivity index (χ0n) is 18.1. The molecule has 1 saturated heterocycles. The molecule has 1 aliphatic heterocycles. The minimum Gasteiger partial charge on any atom is -0.397 e. The van der Waals surface area contributed by atoms with E-state index in [1.807, 2.05) is 30.5 Å². The van der Waals surface area contributed by atoms with Gasteiger partial charge in [0.2, 0.25) is 0 Å². The molecule has 0 unspecified atom stereocenters. The molecule has 7 heteroatoms. The smallest absolute Gasteiger partial charge is 0.150 e. The van der Waals surface area contributed by atoms with Crippen LogP contribution in [0.3, 0.4) is 0 Å². The summed E-state index contributed by atoms with van der Waals surface area (Å²) in [7, 11) is 2.21. The van der Waals surface area contributed by atoms with Crippen LogP contribution in [0.5, 0.6) is 0 Å². The number of nitrogens with zero attached hydrogens (tertiary/aromatic N) is 5. The molecule has 2 aliphatic rings. The van der Waals surface area contributed by atoms with Crippen molar-refractivity contribution in [3.8, 4) is 11.3 Å². The monoisotopic (exact) mass is 418 g/mol. The Morgan fingerprint density at radius 3 is 2.32 bits per heavy atom. The van der Waals surface area contributed by atoms with E-state index in [1.54, 1.807) is 6.20 Å². The van der Waals surface area contributed by atoms with Gasteiger partial charge in [-0.15, -0.1) is 0 Å². The fraction of sp³-hybridized carbons (Fsp3) is 0.458. The highest BCUT2D eigenvalue weighted by molar-refractivity contribution is 6.01. The third-order valence-electron chi connectivity index (χ3n) is 7.03. The van der Waals surface area contributed by atoms with E-state index < -0.39 is 0 Å². The summed E-state index contributed by atoms with van der Waals surface area (Å²) in [4.78, 5) is 20.5. The first-order chi connectivity index (χ1) is 15.1. The van der Waals surface area contributed by atoms with Gasteiger partial charge in [-0.2, -0.15) is 5.10 Å². The number of aldehydes is 1. The highest BCUT2D eigenvalue weighted by Gasteiger charge is 2.30. The summed E-state index contributed by atoms with van der Waals surface area (Å²) < 4.78 is 2.15. The Morgan fingerprint density at radius 2 is 1.65 bits per heavy atom. The van der Waals surface area contributed by atoms with E-state index in [9.17, 15) is 4.79 Å². The number of carbonyl (C=O) groups is 1. The van der Waals surface area contributed by atoms with E-state index in [1.165, 1.54) is 39.0 Å². The molecule has 0 amide bonds. The number of benzene rings is 1. The number of aromatic nitrogens is 3. The maximum absolute atomic E-state index is 11.0. The fourth-order valence-electron chi connectivity index (χ4n) is 5.16. The van der Waals surface area contributed by atoms with Crippen LogP contribution < -0.4 is 5.73 Å². The predicted molar refractivity (Wildman–Crippen MR) is 123 cm³/mol. The van der Waals surface area contributed by atoms with Gasteiger partial charge >= 0.3 is 0 Å². The van der Waals surface area contributed by atoms with Gasteiger partial charge < -0.3 is 10.6 Å². The van der Waals surface area contributed by atoms with E-state index in [-0.39, 0.29) is 0 Å². The highest BCUT2D eigenvalue weighted by atomic mass is 16.1. The van der Waals surface area contributed by atoms with E-state index in [0.29, 0.717) is 23.3 Å². The number of rotatable bonds is 4. The van der Waals surface area contributed by atoms with Crippen molar-refractivity contribution in [3.63, 3.8) is 0 Å². The second-order valence-electron chi connectivity index (χ2n) is 8.96. The summed E-state index contributed by atoms with van der Waals surface area (Å²) in [5, 5.41) is 5.99. The number of anilines is 1. The lowest BCUT2D eigenvalue weighted by molar-refractivity contribution is 0.0816. The van der Waals surface area contributed by atoms with Gasteiger partial charge in [-0.05, 0) is 32.7 Å². The molecule has 3 aromatic rings. The average Bonchev–Trinajstić information content (AvgIpc) is 3.21. The molecule has 0 atom stereocenters. The van der Waals surface area contributed by atoms with Gasteiger partial charge in [0.05, 0.1) is 35.0 Å². The fourth-order valence-corrected chi connectivity index (χ4v) is 5.16. The molecule has 0 bridgehead atoms. The number of piperazine rings is 1. The number of hydrogen-bond donors (Lipinski definition) is 1. The molecular weight excluding hydrogens is 388 g/mol. The molecule has 0 radical (unpaired) electrons. The first kappa shape index (κ1) is 20.2. The molecule has 31 heavy (non-hydrogen) atoms. The predicted octanol–water partition coefficient (Wildman–Crippen LogP) is 3.22. The molecule has 162 valence electrons. The molecule has 2 aromatic heterocycles. The normalized spacial score (nSPS) is 23.3. The van der Waals surface area contributed by atoms with Gasteiger partial charge in [-0.3, -0.25) is 19.4 Å². The SMILES string of the molecule is CN1CCN(C2CCC(n3nc(-c4ccc(C=O)cc4)c4c(N)cncc43)CC2)CC1. The molecule has 0 spiro atoms. The van der Waals surface area contributed by atoms with Crippen molar-refractivity contribution >= 4 is 22.9 Å². The Kier molecular flexibility index (Phi) is 5.46. The van der Waals surface area contributed by atoms with E-state index >= 15 is 0 Å². The van der Waals surface area contributed by atoms with Crippen LogP contribution in [-0.4, -0.2) is 70.1 Å². The molecule has 7 nitrogen and oxygen atoms in total. The van der Waals surface area contributed by atoms with Gasteiger partial charge in [0.1, 0.15) is 12.0 Å². The van der Waals surface area contributed by atoms with Crippen LogP contribution in [0.4, 0.5) is 5.69 Å². The molecule has 1 aliphatic carbocycles. The van der Waals surface area contributed by atoms with Gasteiger partial charge in [0.25, 0.3) is 0 Å². The highest BCUT2D eigenvalue weighted by Crippen LogP contribution is 2.37. The maximum Gasteiger partial charge on any atom is 0.150 e. The van der Waals surface area contributed by atoms with Crippen LogP contribution in [0.1, 0.15) is 42.1 Å². The third-order valence-corrected chi connectivity index (χ3v) is 7.03. The van der Waals surface area contributed by atoms with Gasteiger partial charge in [0, 0.05) is 43.3 Å². The number of nitrogen functional groups attached to an aromatic ring is 1. The first-order valence-electron chi connectivity index (χ1n) is 11.2. The van der Waals surface area contributed by atoms with Crippen LogP contribution in [0, 0.1) is 0 Å². The second kappa shape index (κ2) is 8.40. The summed E-state index contributed by atoms with van der Waals surface area (Å²) in [5.41, 5.74) is 10.5. The van der Waals surface area contributed by atoms with E-state index in [2.05, 4.69) is 26.5 Å². The molecule has 1 saturated carbocycles. The molecule has 1 aromatic carbocycles. The van der Waals surface area contributed by atoms with Crippen LogP contribution in [0.15, 0.2) is 36.7 Å². The van der Waals surface area contributed by atoms with Gasteiger partial charge in [-0.1, -0.05) is 24.3 Å². The summed E-state index contributed by atoms with van der Waals surface area (Å²) in [6.07, 6.45) is 9.08. The number of fused-ring (bicyclic) bond motifs is 1. The van der Waals surface area contributed by atoms with E-state index in [0.717, 1.165) is 41.3 Å². The molecule has 5 rings (SSSR count). The minimum absolute atomic E-state index is 0.359. The summed E-state index contributed by atoms with van der Waals surface area (Å²) >= 11 is 0. The van der Waals surface area contributed by atoms with Crippen molar-refractivity contribution < 1.29 is 4.79 Å². The molecular formula is C24H30N6O. The zero-order valence-corrected chi connectivity index (χ0v) is 18.1. The summed E-state index contributed by atoms with van der Waals surface area (Å²) in [6.45, 7) is 4.69. The maximum atomic E-state index is 11.0. The second-order valence-corrected chi connectivity index (χ2v) is 8.96. The molecule has 2 fully saturated rings. The molecule has 3 heterocycles. The topological polar surface area (TPSA) is 80.3 Å². The van der Waals surface area contributed by atoms with Crippen LogP contribution >= 0.6 is 0 Å². The van der Waals surface area contributed by atoms with Gasteiger partial charge in [0.15, 0.2) is 0 Å². The molecule has 2 N–H and O–H groups in total. The Bertz CT molecular complexity index is 1060. The van der Waals surface area contributed by atoms with Crippen molar-refractivity contribution in [1.29, 1.82) is 0 Å². The number of likely N-dealkylation sites (N-methyl/N-ethyl adjacent to an activating group) is 1. The largest absolute Gasteiger partial charge is 0.397 e. The quantitative estimate of drug-likeness (QED) is 0.656. The minimum atomic E-state index is 0.359. The number of hydrogen-bond acceptors (Lipinski definition) is 6. The Hall–Kier alpha value is -2.77. The van der Waals surface area contributed by atoms with Crippen molar-refractivity contribution in [1.82, 2.24) is 24.6 Å².